The molecular formula is C13H20N4O3. The highest BCUT2D eigenvalue weighted by Crippen LogP contribution is 2.33. The van der Waals surface area contributed by atoms with Gasteiger partial charge in [-0.2, -0.15) is 0 Å². The zero-order valence-electron chi connectivity index (χ0n) is 11.9. The fourth-order valence-corrected chi connectivity index (χ4v) is 1.77. The predicted molar refractivity (Wildman–Crippen MR) is 79.0 cm³/mol. The summed E-state index contributed by atoms with van der Waals surface area (Å²) in [7, 11) is 1.52. The molecule has 7 nitrogen and oxygen atoms in total. The zero-order valence-corrected chi connectivity index (χ0v) is 11.9. The molecule has 0 aliphatic carbocycles. The van der Waals surface area contributed by atoms with Gasteiger partial charge in [-0.25, -0.2) is 0 Å². The van der Waals surface area contributed by atoms with Crippen molar-refractivity contribution in [2.75, 3.05) is 24.2 Å². The van der Waals surface area contributed by atoms with Crippen LogP contribution >= 0.6 is 0 Å². The maximum atomic E-state index is 11.5. The van der Waals surface area contributed by atoms with Gasteiger partial charge in [-0.3, -0.25) is 14.9 Å². The van der Waals surface area contributed by atoms with Crippen molar-refractivity contribution in [2.45, 2.75) is 26.3 Å². The van der Waals surface area contributed by atoms with Crippen LogP contribution in [-0.2, 0) is 4.79 Å². The zero-order chi connectivity index (χ0) is 15.1. The van der Waals surface area contributed by atoms with Crippen molar-refractivity contribution in [1.29, 1.82) is 0 Å². The average molecular weight is 280 g/mol. The monoisotopic (exact) mass is 280 g/mol. The van der Waals surface area contributed by atoms with E-state index in [2.05, 4.69) is 16.0 Å². The van der Waals surface area contributed by atoms with Crippen LogP contribution in [0.15, 0.2) is 18.2 Å². The quantitative estimate of drug-likeness (QED) is 0.524. The number of likely N-dealkylation sites (N-methyl/N-ethyl adjacent to an activating group) is 1. The van der Waals surface area contributed by atoms with Crippen molar-refractivity contribution < 1.29 is 9.72 Å². The van der Waals surface area contributed by atoms with Gasteiger partial charge in [-0.1, -0.05) is 13.0 Å². The van der Waals surface area contributed by atoms with Gasteiger partial charge in [-0.05, 0) is 25.5 Å². The largest absolute Gasteiger partial charge is 0.379 e. The first kappa shape index (κ1) is 15.7. The Hall–Kier alpha value is -2.31. The molecule has 0 fully saturated rings. The molecule has 0 radical (unpaired) electrons. The molecule has 0 aliphatic heterocycles. The molecule has 0 saturated heterocycles. The summed E-state index contributed by atoms with van der Waals surface area (Å²) >= 11 is 0. The summed E-state index contributed by atoms with van der Waals surface area (Å²) in [5.41, 5.74) is 0.731. The van der Waals surface area contributed by atoms with E-state index in [1.165, 1.54) is 7.05 Å². The molecule has 1 aromatic rings. The molecule has 20 heavy (non-hydrogen) atoms. The van der Waals surface area contributed by atoms with Crippen LogP contribution in [0.4, 0.5) is 17.1 Å². The van der Waals surface area contributed by atoms with Crippen LogP contribution in [0.3, 0.4) is 0 Å². The van der Waals surface area contributed by atoms with Gasteiger partial charge in [0.15, 0.2) is 0 Å². The van der Waals surface area contributed by atoms with E-state index in [-0.39, 0.29) is 11.6 Å². The van der Waals surface area contributed by atoms with E-state index in [1.54, 1.807) is 25.1 Å². The van der Waals surface area contributed by atoms with Crippen LogP contribution in [0.5, 0.6) is 0 Å². The number of nitro groups is 1. The van der Waals surface area contributed by atoms with Gasteiger partial charge < -0.3 is 16.0 Å². The van der Waals surface area contributed by atoms with Crippen LogP contribution in [0, 0.1) is 10.1 Å². The highest BCUT2D eigenvalue weighted by Gasteiger charge is 2.22. The first-order valence-electron chi connectivity index (χ1n) is 6.50. The smallest absolute Gasteiger partial charge is 0.315 e. The Labute approximate surface area is 117 Å². The Morgan fingerprint density at radius 1 is 1.40 bits per heavy atom. The van der Waals surface area contributed by atoms with E-state index in [4.69, 9.17) is 0 Å². The minimum absolute atomic E-state index is 0.0447. The van der Waals surface area contributed by atoms with Gasteiger partial charge in [0.25, 0.3) is 0 Å². The summed E-state index contributed by atoms with van der Waals surface area (Å²) < 4.78 is 0. The number of hydrogen-bond acceptors (Lipinski definition) is 5. The second kappa shape index (κ2) is 7.32. The predicted octanol–water partition coefficient (Wildman–Crippen LogP) is 1.96. The maximum absolute atomic E-state index is 11.5. The number of rotatable bonds is 7. The molecule has 0 aliphatic rings. The lowest BCUT2D eigenvalue weighted by Gasteiger charge is -2.15. The summed E-state index contributed by atoms with van der Waals surface area (Å²) in [4.78, 5) is 22.3. The molecule has 1 aromatic carbocycles. The topological polar surface area (TPSA) is 96.3 Å². The number of para-hydroxylation sites is 1. The van der Waals surface area contributed by atoms with Crippen LogP contribution < -0.4 is 16.0 Å². The summed E-state index contributed by atoms with van der Waals surface area (Å²) in [6.45, 7) is 4.28. The lowest BCUT2D eigenvalue weighted by atomic mass is 10.2. The molecule has 7 heteroatoms. The Bertz CT molecular complexity index is 491. The Balaban J connectivity index is 3.06. The second-order valence-corrected chi connectivity index (χ2v) is 4.37. The highest BCUT2D eigenvalue weighted by molar-refractivity contribution is 5.86. The van der Waals surface area contributed by atoms with E-state index in [1.807, 2.05) is 6.92 Å². The van der Waals surface area contributed by atoms with Gasteiger partial charge in [0, 0.05) is 13.6 Å². The molecule has 0 spiro atoms. The Morgan fingerprint density at radius 2 is 2.05 bits per heavy atom. The minimum atomic E-state index is -0.555. The average Bonchev–Trinajstić information content (AvgIpc) is 2.43. The van der Waals surface area contributed by atoms with Crippen LogP contribution in [-0.4, -0.2) is 30.5 Å². The van der Waals surface area contributed by atoms with E-state index >= 15 is 0 Å². The molecule has 3 N–H and O–H groups in total. The summed E-state index contributed by atoms with van der Waals surface area (Å²) in [5, 5.41) is 19.6. The molecule has 1 atom stereocenters. The molecule has 0 aromatic heterocycles. The third kappa shape index (κ3) is 3.84. The molecule has 1 rings (SSSR count). The number of carbonyl (C=O) groups excluding carboxylic acids is 1. The van der Waals surface area contributed by atoms with Crippen molar-refractivity contribution in [3.05, 3.63) is 28.3 Å². The van der Waals surface area contributed by atoms with Crippen molar-refractivity contribution >= 4 is 23.0 Å². The maximum Gasteiger partial charge on any atom is 0.315 e. The number of nitrogens with zero attached hydrogens (tertiary/aromatic N) is 1. The summed E-state index contributed by atoms with van der Waals surface area (Å²) in [6, 6.07) is 4.41. The van der Waals surface area contributed by atoms with Gasteiger partial charge in [-0.15, -0.1) is 0 Å². The summed E-state index contributed by atoms with van der Waals surface area (Å²) in [5.74, 6) is -0.230. The summed E-state index contributed by atoms with van der Waals surface area (Å²) in [6.07, 6.45) is 0.865. The highest BCUT2D eigenvalue weighted by atomic mass is 16.6. The van der Waals surface area contributed by atoms with Crippen molar-refractivity contribution in [3.8, 4) is 0 Å². The normalized spacial score (nSPS) is 11.6. The number of nitrogens with one attached hydrogen (secondary N) is 3. The number of hydrogen-bond donors (Lipinski definition) is 3. The molecule has 0 saturated carbocycles. The van der Waals surface area contributed by atoms with Gasteiger partial charge >= 0.3 is 5.69 Å². The van der Waals surface area contributed by atoms with Gasteiger partial charge in [0.1, 0.15) is 17.4 Å². The van der Waals surface area contributed by atoms with Gasteiger partial charge in [0.05, 0.1) is 4.92 Å². The number of amides is 1. The van der Waals surface area contributed by atoms with Crippen molar-refractivity contribution in [3.63, 3.8) is 0 Å². The minimum Gasteiger partial charge on any atom is -0.379 e. The third-order valence-electron chi connectivity index (χ3n) is 2.80. The molecule has 1 amide bonds. The van der Waals surface area contributed by atoms with E-state index in [0.29, 0.717) is 17.9 Å². The number of benzene rings is 1. The number of anilines is 2. The molecule has 0 heterocycles. The van der Waals surface area contributed by atoms with E-state index in [0.717, 1.165) is 6.42 Å². The molecule has 1 unspecified atom stereocenters. The molecule has 0 bridgehead atoms. The first-order chi connectivity index (χ1) is 9.51. The third-order valence-corrected chi connectivity index (χ3v) is 2.80. The van der Waals surface area contributed by atoms with Crippen molar-refractivity contribution in [1.82, 2.24) is 5.32 Å². The van der Waals surface area contributed by atoms with E-state index in [9.17, 15) is 14.9 Å². The second-order valence-electron chi connectivity index (χ2n) is 4.37. The fourth-order valence-electron chi connectivity index (χ4n) is 1.77. The van der Waals surface area contributed by atoms with Crippen molar-refractivity contribution in [2.24, 2.45) is 0 Å². The lowest BCUT2D eigenvalue weighted by molar-refractivity contribution is -0.383. The fraction of sp³-hybridized carbons (Fsp3) is 0.462. The lowest BCUT2D eigenvalue weighted by Crippen LogP contribution is -2.35. The molecular weight excluding hydrogens is 260 g/mol. The van der Waals surface area contributed by atoms with Crippen LogP contribution in [0.2, 0.25) is 0 Å². The van der Waals surface area contributed by atoms with Crippen LogP contribution in [0.25, 0.3) is 0 Å². The number of nitro benzene ring substituents is 1. The number of carbonyl (C=O) groups is 1. The van der Waals surface area contributed by atoms with E-state index < -0.39 is 11.0 Å². The first-order valence-corrected chi connectivity index (χ1v) is 6.50. The Kier molecular flexibility index (Phi) is 5.76. The SMILES string of the molecule is CCCNc1cccc(NC(C)C(=O)NC)c1[N+](=O)[O-]. The molecule has 110 valence electrons. The van der Waals surface area contributed by atoms with Crippen LogP contribution in [0.1, 0.15) is 20.3 Å². The standard InChI is InChI=1S/C13H20N4O3/c1-4-8-15-10-6-5-7-11(12(10)17(19)20)16-9(2)13(18)14-3/h5-7,9,15-16H,4,8H2,1-3H3,(H,14,18). The van der Waals surface area contributed by atoms with Gasteiger partial charge in [0.2, 0.25) is 5.91 Å². The Morgan fingerprint density at radius 3 is 2.60 bits per heavy atom.